The molecule has 2 atom stereocenters. The molecule has 0 aromatic heterocycles. The molecule has 156 valence electrons. The van der Waals surface area contributed by atoms with Crippen molar-refractivity contribution in [2.75, 3.05) is 7.11 Å². The van der Waals surface area contributed by atoms with Gasteiger partial charge in [0.05, 0.1) is 7.11 Å². The quantitative estimate of drug-likeness (QED) is 0.251. The number of imide groups is 1. The molecule has 1 saturated heterocycles. The topological polar surface area (TPSA) is 165 Å². The number of halogens is 1. The van der Waals surface area contributed by atoms with Crippen molar-refractivity contribution in [3.8, 4) is 0 Å². The Labute approximate surface area is 168 Å². The number of likely N-dealkylation sites (tertiary alicyclic amines) is 1. The number of nitrogens with one attached hydrogen (secondary N) is 2. The Hall–Kier alpha value is -3.19. The standard InChI is InChI=1S/C15H14ClN3O9S/c1-27-13(22)11(20)10-9(12(21)19(10)14(23)18-29(16,25)26)17-15(24)28-7-8-5-3-2-4-6-8/h2-6,9-10H,7H2,1H3,(H,17,24)(H,18,23)/t9-,10-/m1/s1. The number of carbonyl (C=O) groups is 5. The molecule has 1 aromatic carbocycles. The molecule has 0 saturated carbocycles. The van der Waals surface area contributed by atoms with Crippen LogP contribution in [0.3, 0.4) is 0 Å². The third kappa shape index (κ3) is 5.42. The fourth-order valence-corrected chi connectivity index (χ4v) is 2.90. The molecule has 0 spiro atoms. The minimum absolute atomic E-state index is 0.126. The Kier molecular flexibility index (Phi) is 6.76. The van der Waals surface area contributed by atoms with Gasteiger partial charge in [-0.1, -0.05) is 30.3 Å². The number of urea groups is 1. The number of ketones is 1. The molecular formula is C15H14ClN3O9S. The van der Waals surface area contributed by atoms with Gasteiger partial charge in [-0.15, -0.1) is 0 Å². The number of rotatable bonds is 6. The lowest BCUT2D eigenvalue weighted by atomic mass is 9.91. The normalized spacial score (nSPS) is 18.3. The summed E-state index contributed by atoms with van der Waals surface area (Å²) in [4.78, 5) is 59.8. The monoisotopic (exact) mass is 447 g/mol. The fraction of sp³-hybridized carbons (Fsp3) is 0.267. The van der Waals surface area contributed by atoms with E-state index in [1.165, 1.54) is 4.72 Å². The van der Waals surface area contributed by atoms with E-state index in [-0.39, 0.29) is 11.5 Å². The van der Waals surface area contributed by atoms with Gasteiger partial charge in [0.2, 0.25) is 0 Å². The molecule has 1 aromatic rings. The number of hydrogen-bond donors (Lipinski definition) is 2. The lowest BCUT2D eigenvalue weighted by Gasteiger charge is -2.42. The Morgan fingerprint density at radius 3 is 2.34 bits per heavy atom. The lowest BCUT2D eigenvalue weighted by molar-refractivity contribution is -0.161. The van der Waals surface area contributed by atoms with E-state index in [0.29, 0.717) is 5.56 Å². The van der Waals surface area contributed by atoms with Gasteiger partial charge in [0.25, 0.3) is 11.7 Å². The summed E-state index contributed by atoms with van der Waals surface area (Å²) in [5.74, 6) is -3.96. The number of hydrogen-bond acceptors (Lipinski definition) is 9. The Morgan fingerprint density at radius 1 is 1.17 bits per heavy atom. The molecule has 0 aliphatic carbocycles. The zero-order valence-electron chi connectivity index (χ0n) is 14.7. The van der Waals surface area contributed by atoms with Gasteiger partial charge in [0, 0.05) is 10.7 Å². The van der Waals surface area contributed by atoms with Crippen molar-refractivity contribution in [2.45, 2.75) is 18.7 Å². The molecule has 29 heavy (non-hydrogen) atoms. The number of methoxy groups -OCH3 is 1. The first-order valence-electron chi connectivity index (χ1n) is 7.74. The van der Waals surface area contributed by atoms with E-state index in [4.69, 9.17) is 15.4 Å². The summed E-state index contributed by atoms with van der Waals surface area (Å²) in [7, 11) is 1.17. The molecule has 0 unspecified atom stereocenters. The molecule has 1 heterocycles. The number of Topliss-reactive ketones (excluding diaryl/α,β-unsaturated/α-hetero) is 1. The highest BCUT2D eigenvalue weighted by atomic mass is 35.7. The first-order chi connectivity index (χ1) is 13.5. The molecule has 12 nitrogen and oxygen atoms in total. The molecule has 2 rings (SSSR count). The first-order valence-corrected chi connectivity index (χ1v) is 10.0. The number of β-lactam (4-membered cyclic amide) rings is 1. The SMILES string of the molecule is COC(=O)C(=O)[C@H]1[C@@H](NC(=O)OCc2ccccc2)C(=O)N1C(=O)NS(=O)(=O)Cl. The third-order valence-electron chi connectivity index (χ3n) is 3.67. The van der Waals surface area contributed by atoms with Crippen LogP contribution >= 0.6 is 10.7 Å². The van der Waals surface area contributed by atoms with Crippen LogP contribution in [0, 0.1) is 0 Å². The molecule has 14 heteroatoms. The molecule has 1 aliphatic rings. The van der Waals surface area contributed by atoms with Crippen molar-refractivity contribution in [2.24, 2.45) is 0 Å². The largest absolute Gasteiger partial charge is 0.463 e. The number of benzene rings is 1. The van der Waals surface area contributed by atoms with E-state index < -0.39 is 51.1 Å². The number of ether oxygens (including phenoxy) is 2. The number of nitrogens with zero attached hydrogens (tertiary/aromatic N) is 1. The number of alkyl carbamates (subject to hydrolysis) is 1. The van der Waals surface area contributed by atoms with Crippen molar-refractivity contribution in [1.82, 2.24) is 14.9 Å². The van der Waals surface area contributed by atoms with Gasteiger partial charge in [-0.2, -0.15) is 8.42 Å². The van der Waals surface area contributed by atoms with Gasteiger partial charge < -0.3 is 14.8 Å². The first kappa shape index (κ1) is 22.1. The minimum atomic E-state index is -4.58. The molecule has 2 N–H and O–H groups in total. The van der Waals surface area contributed by atoms with Crippen LogP contribution in [0.15, 0.2) is 30.3 Å². The van der Waals surface area contributed by atoms with Gasteiger partial charge in [-0.05, 0) is 5.56 Å². The molecule has 0 radical (unpaired) electrons. The van der Waals surface area contributed by atoms with Crippen molar-refractivity contribution < 1.29 is 41.9 Å². The Bertz CT molecular complexity index is 951. The van der Waals surface area contributed by atoms with Gasteiger partial charge in [-0.25, -0.2) is 24.0 Å². The number of esters is 1. The van der Waals surface area contributed by atoms with Crippen LogP contribution in [0.5, 0.6) is 0 Å². The van der Waals surface area contributed by atoms with E-state index >= 15 is 0 Å². The van der Waals surface area contributed by atoms with Gasteiger partial charge in [0.1, 0.15) is 18.7 Å². The van der Waals surface area contributed by atoms with Crippen LogP contribution in [0.1, 0.15) is 5.56 Å². The predicted molar refractivity (Wildman–Crippen MR) is 94.5 cm³/mol. The van der Waals surface area contributed by atoms with Gasteiger partial charge in [-0.3, -0.25) is 9.59 Å². The zero-order valence-corrected chi connectivity index (χ0v) is 16.2. The summed E-state index contributed by atoms with van der Waals surface area (Å²) >= 11 is 0. The minimum Gasteiger partial charge on any atom is -0.463 e. The highest BCUT2D eigenvalue weighted by Crippen LogP contribution is 2.23. The fourth-order valence-electron chi connectivity index (χ4n) is 2.39. The van der Waals surface area contributed by atoms with Crippen LogP contribution in [0.25, 0.3) is 0 Å². The van der Waals surface area contributed by atoms with E-state index in [2.05, 4.69) is 10.1 Å². The molecule has 4 amide bonds. The average Bonchev–Trinajstić information content (AvgIpc) is 2.66. The van der Waals surface area contributed by atoms with Crippen molar-refractivity contribution in [3.63, 3.8) is 0 Å². The molecule has 1 aliphatic heterocycles. The summed E-state index contributed by atoms with van der Waals surface area (Å²) in [5, 5.41) is 2.05. The number of amides is 4. The zero-order chi connectivity index (χ0) is 21.8. The van der Waals surface area contributed by atoms with Crippen LogP contribution in [0.2, 0.25) is 0 Å². The Morgan fingerprint density at radius 2 is 1.79 bits per heavy atom. The van der Waals surface area contributed by atoms with Crippen LogP contribution in [-0.4, -0.2) is 62.3 Å². The maximum atomic E-state index is 12.2. The second-order valence-electron chi connectivity index (χ2n) is 5.54. The van der Waals surface area contributed by atoms with Crippen molar-refractivity contribution in [1.29, 1.82) is 0 Å². The van der Waals surface area contributed by atoms with Gasteiger partial charge in [0.15, 0.2) is 0 Å². The van der Waals surface area contributed by atoms with Crippen molar-refractivity contribution in [3.05, 3.63) is 35.9 Å². The highest BCUT2D eigenvalue weighted by Gasteiger charge is 2.57. The maximum Gasteiger partial charge on any atom is 0.408 e. The summed E-state index contributed by atoms with van der Waals surface area (Å²) < 4.78 is 32.4. The van der Waals surface area contributed by atoms with E-state index in [9.17, 15) is 32.4 Å². The van der Waals surface area contributed by atoms with Crippen LogP contribution < -0.4 is 10.0 Å². The summed E-state index contributed by atoms with van der Waals surface area (Å²) in [6.45, 7) is -0.155. The smallest absolute Gasteiger partial charge is 0.408 e. The van der Waals surface area contributed by atoms with E-state index in [1.807, 2.05) is 0 Å². The van der Waals surface area contributed by atoms with Gasteiger partial charge >= 0.3 is 27.3 Å². The third-order valence-corrected chi connectivity index (χ3v) is 4.32. The predicted octanol–water partition coefficient (Wildman–Crippen LogP) is -0.573. The van der Waals surface area contributed by atoms with Crippen LogP contribution in [0.4, 0.5) is 9.59 Å². The maximum absolute atomic E-state index is 12.2. The van der Waals surface area contributed by atoms with E-state index in [0.717, 1.165) is 7.11 Å². The lowest BCUT2D eigenvalue weighted by Crippen LogP contribution is -2.76. The second-order valence-corrected chi connectivity index (χ2v) is 7.84. The summed E-state index contributed by atoms with van der Waals surface area (Å²) in [5.41, 5.74) is 0.637. The molecule has 1 fully saturated rings. The summed E-state index contributed by atoms with van der Waals surface area (Å²) in [6.07, 6.45) is -1.11. The van der Waals surface area contributed by atoms with Crippen LogP contribution in [-0.2, 0) is 39.7 Å². The van der Waals surface area contributed by atoms with E-state index in [1.54, 1.807) is 30.3 Å². The van der Waals surface area contributed by atoms with Crippen molar-refractivity contribution >= 4 is 49.7 Å². The second kappa shape index (κ2) is 8.87. The highest BCUT2D eigenvalue weighted by molar-refractivity contribution is 8.12. The average molecular weight is 448 g/mol. The molecule has 0 bridgehead atoms. The summed E-state index contributed by atoms with van der Waals surface area (Å²) in [6, 6.07) is 3.42. The Balaban J connectivity index is 2.11. The molecular weight excluding hydrogens is 434 g/mol. The number of carbonyl (C=O) groups excluding carboxylic acids is 5.